The number of pyridine rings is 1. The smallest absolute Gasteiger partial charge is 0.354 e. The van der Waals surface area contributed by atoms with Crippen LogP contribution in [0.4, 0.5) is 0 Å². The van der Waals surface area contributed by atoms with Gasteiger partial charge < -0.3 is 9.84 Å². The van der Waals surface area contributed by atoms with E-state index in [0.29, 0.717) is 0 Å². The molecule has 4 heteroatoms. The molecule has 0 saturated carbocycles. The summed E-state index contributed by atoms with van der Waals surface area (Å²) >= 11 is 0. The summed E-state index contributed by atoms with van der Waals surface area (Å²) in [6.45, 7) is 12.6. The lowest BCUT2D eigenvalue weighted by molar-refractivity contribution is 0.0690. The van der Waals surface area contributed by atoms with Crippen LogP contribution < -0.4 is 4.74 Å². The standard InChI is InChI=1S/C21H23NO3.C3H8.C2H6/c1-3-11-21(12-4-2)13-17(16-7-5-6-8-19(16)25-21)15-9-10-18(20(23)24)22-14-15;1-3-2;1-2/h5-10,13-14H,3-4,11-12H2,1-2H3,(H,23,24);3H2,1-2H3;1-2H3. The Kier molecular flexibility index (Phi) is 10.9. The van der Waals surface area contributed by atoms with Crippen molar-refractivity contribution >= 4 is 11.5 Å². The van der Waals surface area contributed by atoms with E-state index in [0.717, 1.165) is 48.1 Å². The highest BCUT2D eigenvalue weighted by Crippen LogP contribution is 2.42. The summed E-state index contributed by atoms with van der Waals surface area (Å²) < 4.78 is 6.42. The van der Waals surface area contributed by atoms with Gasteiger partial charge in [0.1, 0.15) is 17.0 Å². The Hall–Kier alpha value is -2.62. The van der Waals surface area contributed by atoms with Gasteiger partial charge in [-0.25, -0.2) is 9.78 Å². The first-order valence-corrected chi connectivity index (χ1v) is 11.2. The maximum absolute atomic E-state index is 11.1. The monoisotopic (exact) mass is 411 g/mol. The van der Waals surface area contributed by atoms with Crippen LogP contribution in [-0.2, 0) is 0 Å². The molecule has 0 bridgehead atoms. The summed E-state index contributed by atoms with van der Waals surface area (Å²) in [7, 11) is 0. The number of aromatic nitrogens is 1. The maximum atomic E-state index is 11.1. The van der Waals surface area contributed by atoms with Gasteiger partial charge >= 0.3 is 5.97 Å². The van der Waals surface area contributed by atoms with E-state index in [9.17, 15) is 4.79 Å². The molecule has 30 heavy (non-hydrogen) atoms. The fourth-order valence-electron chi connectivity index (χ4n) is 3.50. The largest absolute Gasteiger partial charge is 0.483 e. The Balaban J connectivity index is 0.000000826. The maximum Gasteiger partial charge on any atom is 0.354 e. The Morgan fingerprint density at radius 1 is 1.00 bits per heavy atom. The topological polar surface area (TPSA) is 59.4 Å². The molecule has 0 saturated heterocycles. The van der Waals surface area contributed by atoms with Crippen LogP contribution in [0.2, 0.25) is 0 Å². The van der Waals surface area contributed by atoms with Gasteiger partial charge in [0.05, 0.1) is 0 Å². The minimum Gasteiger partial charge on any atom is -0.483 e. The molecule has 0 unspecified atom stereocenters. The summed E-state index contributed by atoms with van der Waals surface area (Å²) in [5, 5.41) is 9.07. The normalized spacial score (nSPS) is 13.3. The van der Waals surface area contributed by atoms with Crippen LogP contribution in [0.5, 0.6) is 5.75 Å². The summed E-state index contributed by atoms with van der Waals surface area (Å²) in [5.41, 5.74) is 2.73. The van der Waals surface area contributed by atoms with Gasteiger partial charge in [0.2, 0.25) is 0 Å². The second-order valence-electron chi connectivity index (χ2n) is 7.17. The molecule has 4 nitrogen and oxygen atoms in total. The first kappa shape index (κ1) is 25.4. The number of fused-ring (bicyclic) bond motifs is 1. The average Bonchev–Trinajstić information content (AvgIpc) is 2.75. The second-order valence-corrected chi connectivity index (χ2v) is 7.17. The number of nitrogens with zero attached hydrogens (tertiary/aromatic N) is 1. The van der Waals surface area contributed by atoms with Crippen molar-refractivity contribution in [1.29, 1.82) is 0 Å². The molecular formula is C26H37NO3. The zero-order valence-electron chi connectivity index (χ0n) is 19.4. The Morgan fingerprint density at radius 3 is 2.10 bits per heavy atom. The molecule has 0 amide bonds. The SMILES string of the molecule is CC.CCC.CCCC1(CCC)C=C(c2ccc(C(=O)O)nc2)c2ccccc2O1. The van der Waals surface area contributed by atoms with Crippen molar-refractivity contribution in [2.24, 2.45) is 0 Å². The first-order chi connectivity index (χ1) is 14.5. The van der Waals surface area contributed by atoms with Crippen LogP contribution in [0.1, 0.15) is 95.3 Å². The van der Waals surface area contributed by atoms with Crippen molar-refractivity contribution in [2.45, 2.75) is 79.2 Å². The Labute approximate surface area is 182 Å². The third-order valence-electron chi connectivity index (χ3n) is 4.54. The molecule has 2 heterocycles. The zero-order chi connectivity index (χ0) is 22.6. The lowest BCUT2D eigenvalue weighted by Gasteiger charge is -2.37. The summed E-state index contributed by atoms with van der Waals surface area (Å²) in [6, 6.07) is 11.4. The van der Waals surface area contributed by atoms with Crippen LogP contribution in [0.3, 0.4) is 0 Å². The predicted octanol–water partition coefficient (Wildman–Crippen LogP) is 7.39. The minimum absolute atomic E-state index is 0.0538. The van der Waals surface area contributed by atoms with E-state index < -0.39 is 5.97 Å². The van der Waals surface area contributed by atoms with Gasteiger partial charge in [0.15, 0.2) is 0 Å². The molecular weight excluding hydrogens is 374 g/mol. The fourth-order valence-corrected chi connectivity index (χ4v) is 3.50. The van der Waals surface area contributed by atoms with Crippen LogP contribution in [0.25, 0.3) is 5.57 Å². The van der Waals surface area contributed by atoms with E-state index in [2.05, 4.69) is 38.8 Å². The number of benzene rings is 1. The van der Waals surface area contributed by atoms with Crippen LogP contribution in [0.15, 0.2) is 48.7 Å². The molecule has 1 N–H and O–H groups in total. The molecule has 1 aliphatic heterocycles. The quantitative estimate of drug-likeness (QED) is 0.538. The van der Waals surface area contributed by atoms with Crippen LogP contribution in [0, 0.1) is 0 Å². The second kappa shape index (κ2) is 12.8. The highest BCUT2D eigenvalue weighted by atomic mass is 16.5. The highest BCUT2D eigenvalue weighted by molar-refractivity contribution is 5.87. The van der Waals surface area contributed by atoms with E-state index >= 15 is 0 Å². The van der Waals surface area contributed by atoms with Crippen molar-refractivity contribution in [3.05, 3.63) is 65.5 Å². The summed E-state index contributed by atoms with van der Waals surface area (Å²) in [4.78, 5) is 15.1. The fraction of sp³-hybridized carbons (Fsp3) is 0.462. The van der Waals surface area contributed by atoms with E-state index in [-0.39, 0.29) is 11.3 Å². The van der Waals surface area contributed by atoms with Gasteiger partial charge in [-0.05, 0) is 36.6 Å². The first-order valence-electron chi connectivity index (χ1n) is 11.2. The number of carbonyl (C=O) groups is 1. The van der Waals surface area contributed by atoms with Crippen molar-refractivity contribution in [3.8, 4) is 5.75 Å². The molecule has 1 aliphatic rings. The van der Waals surface area contributed by atoms with Crippen molar-refractivity contribution < 1.29 is 14.6 Å². The number of hydrogen-bond acceptors (Lipinski definition) is 3. The number of ether oxygens (including phenoxy) is 1. The molecule has 0 aliphatic carbocycles. The zero-order valence-corrected chi connectivity index (χ0v) is 19.4. The molecule has 1 aromatic carbocycles. The Bertz CT molecular complexity index is 803. The van der Waals surface area contributed by atoms with E-state index in [1.165, 1.54) is 6.42 Å². The minimum atomic E-state index is -1.01. The van der Waals surface area contributed by atoms with Crippen LogP contribution in [-0.4, -0.2) is 21.7 Å². The molecule has 164 valence electrons. The highest BCUT2D eigenvalue weighted by Gasteiger charge is 2.34. The van der Waals surface area contributed by atoms with Crippen molar-refractivity contribution in [3.63, 3.8) is 0 Å². The molecule has 0 atom stereocenters. The molecule has 3 rings (SSSR count). The Morgan fingerprint density at radius 2 is 1.60 bits per heavy atom. The lowest BCUT2D eigenvalue weighted by atomic mass is 9.84. The number of aromatic carboxylic acids is 1. The molecule has 0 fully saturated rings. The number of carboxylic acids is 1. The van der Waals surface area contributed by atoms with Gasteiger partial charge in [0.25, 0.3) is 0 Å². The van der Waals surface area contributed by atoms with Gasteiger partial charge in [-0.1, -0.05) is 85.1 Å². The van der Waals surface area contributed by atoms with Gasteiger partial charge in [-0.3, -0.25) is 0 Å². The van der Waals surface area contributed by atoms with Gasteiger partial charge in [-0.15, -0.1) is 0 Å². The summed E-state index contributed by atoms with van der Waals surface area (Å²) in [5.74, 6) is -0.136. The number of hydrogen-bond donors (Lipinski definition) is 1. The molecule has 0 radical (unpaired) electrons. The van der Waals surface area contributed by atoms with E-state index in [4.69, 9.17) is 9.84 Å². The molecule has 0 spiro atoms. The van der Waals surface area contributed by atoms with Crippen molar-refractivity contribution in [2.75, 3.05) is 0 Å². The third-order valence-corrected chi connectivity index (χ3v) is 4.54. The lowest BCUT2D eigenvalue weighted by Crippen LogP contribution is -2.36. The van der Waals surface area contributed by atoms with Crippen LogP contribution >= 0.6 is 0 Å². The molecule has 2 aromatic rings. The van der Waals surface area contributed by atoms with E-state index in [1.807, 2.05) is 44.2 Å². The predicted molar refractivity (Wildman–Crippen MR) is 125 cm³/mol. The van der Waals surface area contributed by atoms with Gasteiger partial charge in [-0.2, -0.15) is 0 Å². The van der Waals surface area contributed by atoms with E-state index in [1.54, 1.807) is 12.3 Å². The average molecular weight is 412 g/mol. The number of carboxylic acid groups (broad SMARTS) is 1. The van der Waals surface area contributed by atoms with Crippen molar-refractivity contribution in [1.82, 2.24) is 4.98 Å². The molecule has 1 aromatic heterocycles. The number of rotatable bonds is 6. The van der Waals surface area contributed by atoms with Gasteiger partial charge in [0, 0.05) is 17.3 Å². The third kappa shape index (κ3) is 6.45. The number of para-hydroxylation sites is 1. The summed E-state index contributed by atoms with van der Waals surface area (Å²) in [6.07, 6.45) is 9.04.